The van der Waals surface area contributed by atoms with Crippen molar-refractivity contribution in [2.75, 3.05) is 0 Å². The molecule has 0 aliphatic heterocycles. The van der Waals surface area contributed by atoms with Gasteiger partial charge in [0.15, 0.2) is 0 Å². The lowest BCUT2D eigenvalue weighted by atomic mass is 10.1. The van der Waals surface area contributed by atoms with E-state index in [2.05, 4.69) is 17.5 Å². The summed E-state index contributed by atoms with van der Waals surface area (Å²) in [5, 5.41) is 13.4. The van der Waals surface area contributed by atoms with Crippen molar-refractivity contribution >= 4 is 11.6 Å². The Labute approximate surface area is 108 Å². The summed E-state index contributed by atoms with van der Waals surface area (Å²) in [6, 6.07) is 6.79. The van der Waals surface area contributed by atoms with Gasteiger partial charge in [-0.05, 0) is 25.5 Å². The number of carbonyl (C=O) groups excluding carboxylic acids is 1. The number of aromatic hydroxyl groups is 1. The molecule has 1 aromatic carbocycles. The molecule has 0 aromatic heterocycles. The molecule has 0 heterocycles. The predicted molar refractivity (Wildman–Crippen MR) is 72.6 cm³/mol. The maximum absolute atomic E-state index is 11.5. The molecule has 1 aromatic rings. The van der Waals surface area contributed by atoms with Crippen molar-refractivity contribution in [2.24, 2.45) is 5.10 Å². The zero-order valence-corrected chi connectivity index (χ0v) is 10.9. The number of unbranched alkanes of at least 4 members (excludes halogenated alkanes) is 2. The molecule has 98 valence electrons. The summed E-state index contributed by atoms with van der Waals surface area (Å²) in [5.74, 6) is 0.124. The maximum Gasteiger partial charge on any atom is 0.240 e. The highest BCUT2D eigenvalue weighted by molar-refractivity contribution is 5.99. The Morgan fingerprint density at radius 2 is 2.17 bits per heavy atom. The van der Waals surface area contributed by atoms with Gasteiger partial charge in [-0.2, -0.15) is 5.10 Å². The molecule has 0 radical (unpaired) electrons. The topological polar surface area (TPSA) is 61.7 Å². The van der Waals surface area contributed by atoms with Crippen molar-refractivity contribution in [1.29, 1.82) is 0 Å². The summed E-state index contributed by atoms with van der Waals surface area (Å²) in [4.78, 5) is 11.5. The number of rotatable bonds is 6. The second-order valence-electron chi connectivity index (χ2n) is 4.24. The van der Waals surface area contributed by atoms with Crippen LogP contribution >= 0.6 is 0 Å². The van der Waals surface area contributed by atoms with E-state index in [1.807, 2.05) is 6.07 Å². The third-order valence-corrected chi connectivity index (χ3v) is 2.62. The number of amides is 1. The van der Waals surface area contributed by atoms with Crippen LogP contribution in [0.2, 0.25) is 0 Å². The van der Waals surface area contributed by atoms with Crippen LogP contribution in [0.1, 0.15) is 45.1 Å². The zero-order chi connectivity index (χ0) is 13.4. The second kappa shape index (κ2) is 7.48. The van der Waals surface area contributed by atoms with E-state index in [9.17, 15) is 9.90 Å². The Morgan fingerprint density at radius 1 is 1.39 bits per heavy atom. The first-order valence-corrected chi connectivity index (χ1v) is 6.26. The number of hydrazone groups is 1. The molecule has 0 unspecified atom stereocenters. The van der Waals surface area contributed by atoms with Gasteiger partial charge in [0, 0.05) is 12.0 Å². The largest absolute Gasteiger partial charge is 0.508 e. The molecule has 18 heavy (non-hydrogen) atoms. The van der Waals surface area contributed by atoms with Crippen molar-refractivity contribution in [2.45, 2.75) is 39.5 Å². The quantitative estimate of drug-likeness (QED) is 0.462. The summed E-state index contributed by atoms with van der Waals surface area (Å²) in [6.07, 6.45) is 3.55. The van der Waals surface area contributed by atoms with Gasteiger partial charge in [0.05, 0.1) is 5.71 Å². The molecular formula is C14H20N2O2. The van der Waals surface area contributed by atoms with Crippen molar-refractivity contribution < 1.29 is 9.90 Å². The number of hydrogen-bond acceptors (Lipinski definition) is 3. The Kier molecular flexibility index (Phi) is 5.91. The van der Waals surface area contributed by atoms with E-state index in [0.717, 1.165) is 24.8 Å². The van der Waals surface area contributed by atoms with Crippen LogP contribution in [0.3, 0.4) is 0 Å². The van der Waals surface area contributed by atoms with Crippen LogP contribution in [-0.4, -0.2) is 16.7 Å². The highest BCUT2D eigenvalue weighted by atomic mass is 16.3. The Bertz CT molecular complexity index is 428. The van der Waals surface area contributed by atoms with Gasteiger partial charge in [-0.25, -0.2) is 5.43 Å². The number of phenolic OH excluding ortho intramolecular Hbond substituents is 1. The average Bonchev–Trinajstić information content (AvgIpc) is 2.36. The van der Waals surface area contributed by atoms with Gasteiger partial charge in [0.25, 0.3) is 0 Å². The van der Waals surface area contributed by atoms with E-state index >= 15 is 0 Å². The van der Waals surface area contributed by atoms with Crippen molar-refractivity contribution in [3.8, 4) is 5.75 Å². The fourth-order valence-corrected chi connectivity index (χ4v) is 1.53. The number of phenols is 1. The molecule has 4 heteroatoms. The van der Waals surface area contributed by atoms with Crippen LogP contribution in [0.25, 0.3) is 0 Å². The van der Waals surface area contributed by atoms with Gasteiger partial charge in [-0.15, -0.1) is 0 Å². The van der Waals surface area contributed by atoms with Gasteiger partial charge in [0.1, 0.15) is 5.75 Å². The highest BCUT2D eigenvalue weighted by Crippen LogP contribution is 2.11. The van der Waals surface area contributed by atoms with Crippen LogP contribution in [-0.2, 0) is 4.79 Å². The van der Waals surface area contributed by atoms with E-state index in [1.54, 1.807) is 25.1 Å². The molecule has 0 aliphatic carbocycles. The Morgan fingerprint density at radius 3 is 2.83 bits per heavy atom. The monoisotopic (exact) mass is 248 g/mol. The molecule has 0 spiro atoms. The minimum atomic E-state index is -0.0667. The fourth-order valence-electron chi connectivity index (χ4n) is 1.53. The molecule has 0 atom stereocenters. The maximum atomic E-state index is 11.5. The van der Waals surface area contributed by atoms with E-state index in [4.69, 9.17) is 0 Å². The Hall–Kier alpha value is -1.84. The van der Waals surface area contributed by atoms with Crippen LogP contribution in [0.5, 0.6) is 5.75 Å². The first-order valence-electron chi connectivity index (χ1n) is 6.26. The lowest BCUT2D eigenvalue weighted by Gasteiger charge is -2.03. The summed E-state index contributed by atoms with van der Waals surface area (Å²) < 4.78 is 0. The van der Waals surface area contributed by atoms with Gasteiger partial charge < -0.3 is 5.11 Å². The second-order valence-corrected chi connectivity index (χ2v) is 4.24. The first-order chi connectivity index (χ1) is 8.63. The predicted octanol–water partition coefficient (Wildman–Crippen LogP) is 2.81. The number of hydrogen-bond donors (Lipinski definition) is 2. The van der Waals surface area contributed by atoms with Gasteiger partial charge in [-0.3, -0.25) is 4.79 Å². The summed E-state index contributed by atoms with van der Waals surface area (Å²) in [5.41, 5.74) is 4.00. The molecule has 1 amide bonds. The molecule has 0 saturated heterocycles. The van der Waals surface area contributed by atoms with Crippen molar-refractivity contribution in [3.05, 3.63) is 29.8 Å². The highest BCUT2D eigenvalue weighted by Gasteiger charge is 2.01. The van der Waals surface area contributed by atoms with E-state index in [0.29, 0.717) is 12.1 Å². The number of nitrogens with zero attached hydrogens (tertiary/aromatic N) is 1. The fraction of sp³-hybridized carbons (Fsp3) is 0.429. The zero-order valence-electron chi connectivity index (χ0n) is 10.9. The Balaban J connectivity index is 2.49. The van der Waals surface area contributed by atoms with Gasteiger partial charge in [0.2, 0.25) is 5.91 Å². The number of carbonyl (C=O) groups is 1. The molecule has 0 saturated carbocycles. The summed E-state index contributed by atoms with van der Waals surface area (Å²) >= 11 is 0. The lowest BCUT2D eigenvalue weighted by molar-refractivity contribution is -0.121. The van der Waals surface area contributed by atoms with Crippen molar-refractivity contribution in [1.82, 2.24) is 5.43 Å². The molecule has 0 aliphatic rings. The smallest absolute Gasteiger partial charge is 0.240 e. The van der Waals surface area contributed by atoms with Crippen LogP contribution < -0.4 is 5.43 Å². The van der Waals surface area contributed by atoms with Crippen LogP contribution in [0.4, 0.5) is 0 Å². The molecule has 0 fully saturated rings. The summed E-state index contributed by atoms with van der Waals surface area (Å²) in [6.45, 7) is 3.89. The van der Waals surface area contributed by atoms with Crippen LogP contribution in [0, 0.1) is 0 Å². The molecule has 1 rings (SSSR count). The number of nitrogens with one attached hydrogen (secondary N) is 1. The average molecular weight is 248 g/mol. The van der Waals surface area contributed by atoms with E-state index < -0.39 is 0 Å². The number of benzene rings is 1. The third kappa shape index (κ3) is 4.99. The van der Waals surface area contributed by atoms with Crippen LogP contribution in [0.15, 0.2) is 29.4 Å². The van der Waals surface area contributed by atoms with Crippen molar-refractivity contribution in [3.63, 3.8) is 0 Å². The SMILES string of the molecule is CCCCCC(=O)N/N=C(/C)c1cccc(O)c1. The molecular weight excluding hydrogens is 228 g/mol. The normalized spacial score (nSPS) is 11.3. The molecule has 2 N–H and O–H groups in total. The minimum absolute atomic E-state index is 0.0667. The minimum Gasteiger partial charge on any atom is -0.508 e. The third-order valence-electron chi connectivity index (χ3n) is 2.62. The summed E-state index contributed by atoms with van der Waals surface area (Å²) in [7, 11) is 0. The molecule has 0 bridgehead atoms. The standard InChI is InChI=1S/C14H20N2O2/c1-3-4-5-9-14(18)16-15-11(2)12-7-6-8-13(17)10-12/h6-8,10,17H,3-5,9H2,1-2H3,(H,16,18)/b15-11-. The lowest BCUT2D eigenvalue weighted by Crippen LogP contribution is -2.18. The van der Waals surface area contributed by atoms with Gasteiger partial charge >= 0.3 is 0 Å². The van der Waals surface area contributed by atoms with Gasteiger partial charge in [-0.1, -0.05) is 31.9 Å². The van der Waals surface area contributed by atoms with E-state index in [-0.39, 0.29) is 11.7 Å². The molecule has 4 nitrogen and oxygen atoms in total. The first kappa shape index (κ1) is 14.2. The van der Waals surface area contributed by atoms with E-state index in [1.165, 1.54) is 0 Å².